The number of hydrazone groups is 2. The van der Waals surface area contributed by atoms with Crippen molar-refractivity contribution in [2.45, 2.75) is 0 Å². The van der Waals surface area contributed by atoms with E-state index >= 15 is 0 Å². The number of nitrogens with zero attached hydrogens (tertiary/aromatic N) is 4. The summed E-state index contributed by atoms with van der Waals surface area (Å²) in [5, 5.41) is 17.1. The van der Waals surface area contributed by atoms with Crippen LogP contribution in [0.15, 0.2) is 34.7 Å². The van der Waals surface area contributed by atoms with Gasteiger partial charge in [0.1, 0.15) is 5.71 Å². The zero-order valence-electron chi connectivity index (χ0n) is 9.77. The predicted octanol–water partition coefficient (Wildman–Crippen LogP) is -0.187. The van der Waals surface area contributed by atoms with E-state index < -0.39 is 12.1 Å². The van der Waals surface area contributed by atoms with Crippen LogP contribution in [0.2, 0.25) is 0 Å². The van der Waals surface area contributed by atoms with E-state index in [-0.39, 0.29) is 11.4 Å². The van der Waals surface area contributed by atoms with Gasteiger partial charge in [-0.2, -0.15) is 5.53 Å². The van der Waals surface area contributed by atoms with Gasteiger partial charge in [0.25, 0.3) is 0 Å². The van der Waals surface area contributed by atoms with Crippen molar-refractivity contribution in [3.05, 3.63) is 30.1 Å². The number of hydrogen-bond acceptors (Lipinski definition) is 7. The van der Waals surface area contributed by atoms with Crippen LogP contribution in [0.5, 0.6) is 0 Å². The largest absolute Gasteiger partial charge is 0.476 e. The van der Waals surface area contributed by atoms with Gasteiger partial charge in [0.2, 0.25) is 0 Å². The number of carboxylic acid groups (broad SMARTS) is 1. The minimum absolute atomic E-state index is 0.00440. The topological polar surface area (TPSA) is 116 Å². The van der Waals surface area contributed by atoms with Crippen molar-refractivity contribution < 1.29 is 19.4 Å². The van der Waals surface area contributed by atoms with Crippen LogP contribution >= 0.6 is 0 Å². The molecule has 1 aliphatic rings. The molecular weight excluding hydrogens is 254 g/mol. The Kier molecular flexibility index (Phi) is 3.37. The van der Waals surface area contributed by atoms with Crippen LogP contribution in [0.25, 0.3) is 0 Å². The average Bonchev–Trinajstić information content (AvgIpc) is 2.46. The smallest absolute Gasteiger partial charge is 0.451 e. The molecule has 98 valence electrons. The minimum Gasteiger partial charge on any atom is -0.476 e. The van der Waals surface area contributed by atoms with Crippen LogP contribution in [0, 0.1) is 0 Å². The minimum atomic E-state index is -1.28. The fourth-order valence-corrected chi connectivity index (χ4v) is 1.33. The molecule has 2 N–H and O–H groups in total. The van der Waals surface area contributed by atoms with Crippen molar-refractivity contribution in [1.82, 2.24) is 15.6 Å². The Morgan fingerprint density at radius 1 is 1.47 bits per heavy atom. The maximum absolute atomic E-state index is 11.3. The van der Waals surface area contributed by atoms with Gasteiger partial charge in [0, 0.05) is 18.0 Å². The molecule has 0 aromatic carbocycles. The molecule has 0 radical (unpaired) electrons. The summed E-state index contributed by atoms with van der Waals surface area (Å²) in [6, 6.07) is 3.22. The van der Waals surface area contributed by atoms with E-state index in [0.29, 0.717) is 10.7 Å². The highest BCUT2D eigenvalue weighted by molar-refractivity contribution is 6.68. The molecule has 2 heterocycles. The molecule has 9 nitrogen and oxygen atoms in total. The molecule has 0 spiro atoms. The molecule has 1 amide bonds. The standard InChI is InChI=1S/C10H9N5O4/c1-19-10(18)15-13-7(6-3-2-4-11-5-6)8(9(16)17)12-14-15/h2-5,14H,1H3,(H,16,17). The number of amides is 1. The lowest BCUT2D eigenvalue weighted by molar-refractivity contribution is -0.129. The molecule has 1 aliphatic heterocycles. The van der Waals surface area contributed by atoms with E-state index in [1.54, 1.807) is 12.1 Å². The van der Waals surface area contributed by atoms with Crippen LogP contribution in [-0.2, 0) is 9.53 Å². The van der Waals surface area contributed by atoms with Gasteiger partial charge in [-0.15, -0.1) is 10.2 Å². The second kappa shape index (κ2) is 5.12. The third-order valence-corrected chi connectivity index (χ3v) is 2.17. The summed E-state index contributed by atoms with van der Waals surface area (Å²) >= 11 is 0. The quantitative estimate of drug-likeness (QED) is 0.764. The number of hydrogen-bond donors (Lipinski definition) is 2. The first-order valence-electron chi connectivity index (χ1n) is 5.07. The molecule has 0 aliphatic carbocycles. The zero-order valence-corrected chi connectivity index (χ0v) is 9.77. The summed E-state index contributed by atoms with van der Waals surface area (Å²) in [5.74, 6) is -1.28. The molecule has 1 aromatic heterocycles. The number of rotatable bonds is 2. The van der Waals surface area contributed by atoms with Crippen LogP contribution in [0.4, 0.5) is 4.79 Å². The van der Waals surface area contributed by atoms with Gasteiger partial charge in [-0.3, -0.25) is 4.98 Å². The summed E-state index contributed by atoms with van der Waals surface area (Å²) < 4.78 is 4.45. The van der Waals surface area contributed by atoms with Crippen molar-refractivity contribution in [3.63, 3.8) is 0 Å². The lowest BCUT2D eigenvalue weighted by atomic mass is 10.1. The molecule has 0 saturated carbocycles. The summed E-state index contributed by atoms with van der Waals surface area (Å²) in [4.78, 5) is 26.3. The van der Waals surface area contributed by atoms with Gasteiger partial charge in [0.15, 0.2) is 5.71 Å². The van der Waals surface area contributed by atoms with Gasteiger partial charge in [0.05, 0.1) is 7.11 Å². The van der Waals surface area contributed by atoms with Gasteiger partial charge >= 0.3 is 12.1 Å². The van der Waals surface area contributed by atoms with Crippen molar-refractivity contribution in [2.24, 2.45) is 10.2 Å². The first-order valence-corrected chi connectivity index (χ1v) is 5.07. The molecule has 0 atom stereocenters. The molecule has 1 aromatic rings. The van der Waals surface area contributed by atoms with Crippen LogP contribution in [0.3, 0.4) is 0 Å². The SMILES string of the molecule is COC(=O)N1N=C(c2cccnc2)C(C(=O)O)=NN1. The number of nitrogens with one attached hydrogen (secondary N) is 1. The van der Waals surface area contributed by atoms with Crippen molar-refractivity contribution in [2.75, 3.05) is 7.11 Å². The monoisotopic (exact) mass is 263 g/mol. The zero-order chi connectivity index (χ0) is 13.8. The highest BCUT2D eigenvalue weighted by Gasteiger charge is 2.27. The molecular formula is C10H9N5O4. The Morgan fingerprint density at radius 2 is 2.26 bits per heavy atom. The van der Waals surface area contributed by atoms with E-state index in [1.807, 2.05) is 0 Å². The maximum Gasteiger partial charge on any atom is 0.451 e. The van der Waals surface area contributed by atoms with E-state index in [4.69, 9.17) is 5.11 Å². The molecule has 0 saturated heterocycles. The number of methoxy groups -OCH3 is 1. The molecule has 2 rings (SSSR count). The first kappa shape index (κ1) is 12.5. The van der Waals surface area contributed by atoms with Gasteiger partial charge in [-0.05, 0) is 12.1 Å². The number of ether oxygens (including phenoxy) is 1. The molecule has 9 heteroatoms. The second-order valence-corrected chi connectivity index (χ2v) is 3.34. The lowest BCUT2D eigenvalue weighted by Crippen LogP contribution is -2.44. The summed E-state index contributed by atoms with van der Waals surface area (Å²) in [6.45, 7) is 0. The maximum atomic E-state index is 11.3. The van der Waals surface area contributed by atoms with Crippen LogP contribution in [0.1, 0.15) is 5.56 Å². The summed E-state index contributed by atoms with van der Waals surface area (Å²) in [7, 11) is 1.17. The van der Waals surface area contributed by atoms with Crippen molar-refractivity contribution in [3.8, 4) is 0 Å². The highest BCUT2D eigenvalue weighted by Crippen LogP contribution is 2.07. The van der Waals surface area contributed by atoms with Gasteiger partial charge < -0.3 is 9.84 Å². The van der Waals surface area contributed by atoms with Gasteiger partial charge in [-0.1, -0.05) is 5.12 Å². The summed E-state index contributed by atoms with van der Waals surface area (Å²) in [5.41, 5.74) is 2.25. The van der Waals surface area contributed by atoms with Crippen LogP contribution < -0.4 is 5.53 Å². The Hall–Kier alpha value is -2.97. The number of hydrazine groups is 1. The number of carbonyl (C=O) groups is 2. The van der Waals surface area contributed by atoms with E-state index in [9.17, 15) is 9.59 Å². The molecule has 0 unspecified atom stereocenters. The normalized spacial score (nSPS) is 14.1. The third-order valence-electron chi connectivity index (χ3n) is 2.17. The first-order chi connectivity index (χ1) is 9.13. The van der Waals surface area contributed by atoms with E-state index in [1.165, 1.54) is 19.5 Å². The lowest BCUT2D eigenvalue weighted by Gasteiger charge is -2.20. The van der Waals surface area contributed by atoms with Gasteiger partial charge in [-0.25, -0.2) is 9.59 Å². The Morgan fingerprint density at radius 3 is 2.84 bits per heavy atom. The third kappa shape index (κ3) is 2.49. The highest BCUT2D eigenvalue weighted by atomic mass is 16.6. The van der Waals surface area contributed by atoms with Crippen molar-refractivity contribution in [1.29, 1.82) is 0 Å². The fraction of sp³-hybridized carbons (Fsp3) is 0.100. The second-order valence-electron chi connectivity index (χ2n) is 3.34. The number of aliphatic carboxylic acids is 1. The molecule has 0 fully saturated rings. The fourth-order valence-electron chi connectivity index (χ4n) is 1.33. The number of carboxylic acids is 1. The Bertz CT molecular complexity index is 569. The number of carbonyl (C=O) groups excluding carboxylic acids is 1. The van der Waals surface area contributed by atoms with Crippen LogP contribution in [-0.4, -0.2) is 45.8 Å². The van der Waals surface area contributed by atoms with E-state index in [2.05, 4.69) is 25.5 Å². The van der Waals surface area contributed by atoms with E-state index in [0.717, 1.165) is 0 Å². The molecule has 0 bridgehead atoms. The molecule has 19 heavy (non-hydrogen) atoms. The summed E-state index contributed by atoms with van der Waals surface area (Å²) in [6.07, 6.45) is 2.12. The Labute approximate surface area is 107 Å². The average molecular weight is 263 g/mol. The number of pyridine rings is 1. The number of aromatic nitrogens is 1. The Balaban J connectivity index is 2.43. The van der Waals surface area contributed by atoms with Crippen molar-refractivity contribution >= 4 is 23.5 Å². The predicted molar refractivity (Wildman–Crippen MR) is 63.2 cm³/mol.